The number of aliphatic carboxylic acids is 1. The maximum atomic E-state index is 12.3. The van der Waals surface area contributed by atoms with E-state index in [2.05, 4.69) is 6.07 Å². The highest BCUT2D eigenvalue weighted by Gasteiger charge is 2.58. The van der Waals surface area contributed by atoms with Crippen molar-refractivity contribution in [3.05, 3.63) is 40.2 Å². The molecule has 3 heterocycles. The monoisotopic (exact) mass is 362 g/mol. The summed E-state index contributed by atoms with van der Waals surface area (Å²) in [6, 6.07) is 3.76. The van der Waals surface area contributed by atoms with Crippen LogP contribution in [-0.4, -0.2) is 34.0 Å². The standard InChI is InChI=1S/C18H22N2O4S/c1-9-7-12(5-6-19(9)4)8-25-16-10(2)14-13(11(3)21)17(22)20(14)15(16)18(23)24/h5-7,10-11,13-14,21H,8H2,1-4H3/t10-,11?,13-,14+/m1/s1. The van der Waals surface area contributed by atoms with Crippen LogP contribution in [0.1, 0.15) is 25.1 Å². The molecule has 134 valence electrons. The van der Waals surface area contributed by atoms with Crippen LogP contribution in [0.5, 0.6) is 0 Å². The number of rotatable bonds is 5. The predicted octanol–water partition coefficient (Wildman–Crippen LogP) is -0.128. The fourth-order valence-electron chi connectivity index (χ4n) is 3.70. The molecule has 1 amide bonds. The lowest BCUT2D eigenvalue weighted by Crippen LogP contribution is -2.64. The SMILES string of the molecule is Cc1cc(CSC2=C(C(=O)[O-])N3C(=O)[C@H](C(C)O)[C@@H]3[C@H]2C)cc[n+]1C. The summed E-state index contributed by atoms with van der Waals surface area (Å²) in [4.78, 5) is 25.9. The number of nitrogens with zero attached hydrogens (tertiary/aromatic N) is 2. The Hall–Kier alpha value is -1.86. The molecule has 0 saturated carbocycles. The van der Waals surface area contributed by atoms with Gasteiger partial charge in [0.15, 0.2) is 11.9 Å². The Balaban J connectivity index is 1.85. The molecule has 4 atom stereocenters. The quantitative estimate of drug-likeness (QED) is 0.583. The largest absolute Gasteiger partial charge is 0.543 e. The molecule has 7 heteroatoms. The molecule has 0 aromatic carbocycles. The number of carboxylic acid groups (broad SMARTS) is 1. The molecule has 1 aromatic heterocycles. The maximum absolute atomic E-state index is 12.3. The van der Waals surface area contributed by atoms with Crippen molar-refractivity contribution in [1.29, 1.82) is 0 Å². The molecule has 0 bridgehead atoms. The molecule has 1 saturated heterocycles. The zero-order valence-electron chi connectivity index (χ0n) is 14.7. The van der Waals surface area contributed by atoms with Gasteiger partial charge in [-0.2, -0.15) is 0 Å². The first-order valence-corrected chi connectivity index (χ1v) is 9.27. The van der Waals surface area contributed by atoms with Crippen LogP contribution in [0.3, 0.4) is 0 Å². The maximum Gasteiger partial charge on any atom is 0.235 e. The number of aromatic nitrogens is 1. The van der Waals surface area contributed by atoms with Crippen molar-refractivity contribution >= 4 is 23.6 Å². The highest BCUT2D eigenvalue weighted by atomic mass is 32.2. The molecule has 0 spiro atoms. The van der Waals surface area contributed by atoms with Gasteiger partial charge in [0.1, 0.15) is 7.05 Å². The van der Waals surface area contributed by atoms with Crippen LogP contribution in [-0.2, 0) is 22.4 Å². The number of hydrogen-bond acceptors (Lipinski definition) is 5. The number of aliphatic hydroxyl groups excluding tert-OH is 1. The average molecular weight is 362 g/mol. The number of carboxylic acids is 1. The van der Waals surface area contributed by atoms with E-state index in [-0.39, 0.29) is 23.6 Å². The first kappa shape index (κ1) is 17.9. The summed E-state index contributed by atoms with van der Waals surface area (Å²) in [5.41, 5.74) is 2.17. The van der Waals surface area contributed by atoms with Gasteiger partial charge in [-0.25, -0.2) is 4.57 Å². The summed E-state index contributed by atoms with van der Waals surface area (Å²) < 4.78 is 2.01. The van der Waals surface area contributed by atoms with Gasteiger partial charge in [0.05, 0.1) is 29.7 Å². The van der Waals surface area contributed by atoms with Gasteiger partial charge in [0.25, 0.3) is 0 Å². The summed E-state index contributed by atoms with van der Waals surface area (Å²) in [7, 11) is 1.97. The van der Waals surface area contributed by atoms with Crippen molar-refractivity contribution in [3.8, 4) is 0 Å². The van der Waals surface area contributed by atoms with Crippen molar-refractivity contribution in [2.24, 2.45) is 18.9 Å². The number of pyridine rings is 1. The molecule has 0 aliphatic carbocycles. The van der Waals surface area contributed by atoms with E-state index in [0.717, 1.165) is 11.3 Å². The van der Waals surface area contributed by atoms with Gasteiger partial charge in [-0.15, -0.1) is 11.8 Å². The Morgan fingerprint density at radius 1 is 1.52 bits per heavy atom. The molecule has 2 aliphatic rings. The van der Waals surface area contributed by atoms with Crippen LogP contribution in [0, 0.1) is 18.8 Å². The topological polar surface area (TPSA) is 84.5 Å². The van der Waals surface area contributed by atoms with Crippen molar-refractivity contribution < 1.29 is 24.4 Å². The van der Waals surface area contributed by atoms with Crippen LogP contribution in [0.4, 0.5) is 0 Å². The van der Waals surface area contributed by atoms with Gasteiger partial charge in [0.2, 0.25) is 5.91 Å². The van der Waals surface area contributed by atoms with E-state index in [4.69, 9.17) is 0 Å². The number of carbonyl (C=O) groups excluding carboxylic acids is 2. The van der Waals surface area contributed by atoms with E-state index in [1.807, 2.05) is 37.7 Å². The van der Waals surface area contributed by atoms with Gasteiger partial charge in [-0.1, -0.05) is 6.92 Å². The zero-order valence-corrected chi connectivity index (χ0v) is 15.5. The minimum atomic E-state index is -1.33. The summed E-state index contributed by atoms with van der Waals surface area (Å²) >= 11 is 1.43. The van der Waals surface area contributed by atoms with Crippen LogP contribution in [0.25, 0.3) is 0 Å². The molecule has 1 unspecified atom stereocenters. The van der Waals surface area contributed by atoms with Gasteiger partial charge in [-0.3, -0.25) is 4.79 Å². The number of hydrogen-bond donors (Lipinski definition) is 1. The van der Waals surface area contributed by atoms with Crippen LogP contribution >= 0.6 is 11.8 Å². The van der Waals surface area contributed by atoms with Crippen molar-refractivity contribution in [2.75, 3.05) is 0 Å². The first-order chi connectivity index (χ1) is 11.7. The fraction of sp³-hybridized carbons (Fsp3) is 0.500. The van der Waals surface area contributed by atoms with Gasteiger partial charge in [0, 0.05) is 35.6 Å². The molecular formula is C18H22N2O4S. The minimum absolute atomic E-state index is 0.0254. The third kappa shape index (κ3) is 2.85. The lowest BCUT2D eigenvalue weighted by atomic mass is 9.79. The molecule has 6 nitrogen and oxygen atoms in total. The summed E-state index contributed by atoms with van der Waals surface area (Å²) in [6.45, 7) is 5.49. The molecule has 0 radical (unpaired) electrons. The number of fused-ring (bicyclic) bond motifs is 1. The fourth-order valence-corrected chi connectivity index (χ4v) is 4.92. The Bertz CT molecular complexity index is 774. The van der Waals surface area contributed by atoms with E-state index in [9.17, 15) is 19.8 Å². The summed E-state index contributed by atoms with van der Waals surface area (Å²) in [5.74, 6) is -1.71. The van der Waals surface area contributed by atoms with Crippen LogP contribution < -0.4 is 9.67 Å². The third-order valence-corrected chi connectivity index (χ3v) is 6.51. The van der Waals surface area contributed by atoms with E-state index in [1.54, 1.807) is 6.92 Å². The molecule has 3 rings (SSSR count). The number of amides is 1. The second kappa shape index (κ2) is 6.46. The van der Waals surface area contributed by atoms with E-state index < -0.39 is 18.0 Å². The van der Waals surface area contributed by atoms with Crippen molar-refractivity contribution in [2.45, 2.75) is 38.7 Å². The average Bonchev–Trinajstić information content (AvgIpc) is 2.77. The number of aliphatic hydroxyl groups is 1. The van der Waals surface area contributed by atoms with E-state index in [1.165, 1.54) is 16.7 Å². The van der Waals surface area contributed by atoms with Crippen molar-refractivity contribution in [1.82, 2.24) is 4.90 Å². The normalized spacial score (nSPS) is 26.5. The highest BCUT2D eigenvalue weighted by Crippen LogP contribution is 2.50. The number of thioether (sulfide) groups is 1. The molecular weight excluding hydrogens is 340 g/mol. The lowest BCUT2D eigenvalue weighted by molar-refractivity contribution is -0.677. The smallest absolute Gasteiger partial charge is 0.235 e. The van der Waals surface area contributed by atoms with Gasteiger partial charge in [-0.05, 0) is 12.5 Å². The Morgan fingerprint density at radius 2 is 2.20 bits per heavy atom. The van der Waals surface area contributed by atoms with E-state index >= 15 is 0 Å². The zero-order chi connectivity index (χ0) is 18.5. The summed E-state index contributed by atoms with van der Waals surface area (Å²) in [5, 5.41) is 21.5. The molecule has 1 aromatic rings. The highest BCUT2D eigenvalue weighted by molar-refractivity contribution is 8.02. The third-order valence-electron chi connectivity index (χ3n) is 5.16. The van der Waals surface area contributed by atoms with Crippen LogP contribution in [0.15, 0.2) is 28.9 Å². The number of β-lactam (4-membered cyclic amide) rings is 1. The molecule has 1 fully saturated rings. The second-order valence-electron chi connectivity index (χ2n) is 6.83. The van der Waals surface area contributed by atoms with Crippen molar-refractivity contribution in [3.63, 3.8) is 0 Å². The molecule has 25 heavy (non-hydrogen) atoms. The number of aryl methyl sites for hydroxylation is 2. The minimum Gasteiger partial charge on any atom is -0.543 e. The van der Waals surface area contributed by atoms with Crippen LogP contribution in [0.2, 0.25) is 0 Å². The Kier molecular flexibility index (Phi) is 4.64. The van der Waals surface area contributed by atoms with E-state index in [0.29, 0.717) is 10.7 Å². The van der Waals surface area contributed by atoms with Gasteiger partial charge >= 0.3 is 0 Å². The Labute approximate surface area is 151 Å². The lowest BCUT2D eigenvalue weighted by Gasteiger charge is -2.47. The Morgan fingerprint density at radius 3 is 2.76 bits per heavy atom. The predicted molar refractivity (Wildman–Crippen MR) is 90.7 cm³/mol. The summed E-state index contributed by atoms with van der Waals surface area (Å²) in [6.07, 6.45) is 1.18. The molecule has 1 N–H and O–H groups in total. The van der Waals surface area contributed by atoms with Gasteiger partial charge < -0.3 is 19.9 Å². The molecule has 2 aliphatic heterocycles. The second-order valence-corrected chi connectivity index (χ2v) is 7.85. The number of carbonyl (C=O) groups is 2. The first-order valence-electron chi connectivity index (χ1n) is 8.28.